The Bertz CT molecular complexity index is 1040. The van der Waals surface area contributed by atoms with Gasteiger partial charge in [0.15, 0.2) is 0 Å². The van der Waals surface area contributed by atoms with Crippen molar-refractivity contribution in [3.05, 3.63) is 58.6 Å². The van der Waals surface area contributed by atoms with Crippen LogP contribution in [0.5, 0.6) is 0 Å². The number of hydrogen-bond donors (Lipinski definition) is 3. The van der Waals surface area contributed by atoms with E-state index in [9.17, 15) is 19.2 Å². The smallest absolute Gasteiger partial charge is 0.322 e. The van der Waals surface area contributed by atoms with Crippen molar-refractivity contribution in [1.82, 2.24) is 10.6 Å². The summed E-state index contributed by atoms with van der Waals surface area (Å²) in [4.78, 5) is 50.1. The molecule has 2 fully saturated rings. The van der Waals surface area contributed by atoms with Crippen molar-refractivity contribution < 1.29 is 19.2 Å². The molecule has 2 aliphatic heterocycles. The Kier molecular flexibility index (Phi) is 5.07. The predicted octanol–water partition coefficient (Wildman–Crippen LogP) is 2.50. The molecule has 8 nitrogen and oxygen atoms in total. The maximum Gasteiger partial charge on any atom is 0.322 e. The lowest BCUT2D eigenvalue weighted by atomic mass is 9.92. The molecule has 4 rings (SSSR count). The summed E-state index contributed by atoms with van der Waals surface area (Å²) in [5, 5.41) is 7.64. The van der Waals surface area contributed by atoms with Gasteiger partial charge in [-0.3, -0.25) is 19.7 Å². The summed E-state index contributed by atoms with van der Waals surface area (Å²) in [5.74, 6) is -1.22. The highest BCUT2D eigenvalue weighted by Crippen LogP contribution is 2.28. The Labute approximate surface area is 181 Å². The van der Waals surface area contributed by atoms with Crippen LogP contribution in [-0.4, -0.2) is 30.3 Å². The van der Waals surface area contributed by atoms with Crippen LogP contribution < -0.4 is 20.9 Å². The summed E-state index contributed by atoms with van der Waals surface area (Å²) in [6.45, 7) is 1.93. The topological polar surface area (TPSA) is 108 Å². The van der Waals surface area contributed by atoms with Gasteiger partial charge in [0.2, 0.25) is 11.8 Å². The molecule has 0 aliphatic carbocycles. The van der Waals surface area contributed by atoms with Crippen LogP contribution in [-0.2, 0) is 19.9 Å². The van der Waals surface area contributed by atoms with Gasteiger partial charge < -0.3 is 15.5 Å². The van der Waals surface area contributed by atoms with E-state index in [-0.39, 0.29) is 18.2 Å². The number of nitrogens with zero attached hydrogens (tertiary/aromatic N) is 1. The minimum Gasteiger partial charge on any atom is -0.326 e. The van der Waals surface area contributed by atoms with E-state index in [0.29, 0.717) is 17.8 Å². The molecule has 0 spiro atoms. The fraction of sp³-hybridized carbons (Fsp3) is 0.238. The largest absolute Gasteiger partial charge is 0.326 e. The second kappa shape index (κ2) is 7.56. The Morgan fingerprint density at radius 3 is 2.37 bits per heavy atom. The Morgan fingerprint density at radius 2 is 1.77 bits per heavy atom. The zero-order valence-electron chi connectivity index (χ0n) is 16.1. The molecule has 2 heterocycles. The van der Waals surface area contributed by atoms with Crippen molar-refractivity contribution in [3.63, 3.8) is 0 Å². The Hall–Kier alpha value is -3.20. The molecule has 5 amide bonds. The third-order valence-electron chi connectivity index (χ3n) is 5.41. The van der Waals surface area contributed by atoms with Crippen LogP contribution in [0.2, 0.25) is 0 Å². The molecule has 2 aliphatic rings. The fourth-order valence-electron chi connectivity index (χ4n) is 3.63. The van der Waals surface area contributed by atoms with Crippen LogP contribution in [0.4, 0.5) is 16.2 Å². The van der Waals surface area contributed by atoms with E-state index in [0.717, 1.165) is 10.2 Å². The Morgan fingerprint density at radius 1 is 1.10 bits per heavy atom. The zero-order chi connectivity index (χ0) is 21.5. The molecular weight excluding hydrogens is 452 g/mol. The lowest BCUT2D eigenvalue weighted by Crippen LogP contribution is -2.40. The number of benzene rings is 2. The number of nitrogens with one attached hydrogen (secondary N) is 3. The molecule has 0 radical (unpaired) electrons. The van der Waals surface area contributed by atoms with Gasteiger partial charge in [-0.1, -0.05) is 28.1 Å². The number of carbonyl (C=O) groups excluding carboxylic acids is 4. The first-order chi connectivity index (χ1) is 14.3. The highest BCUT2D eigenvalue weighted by molar-refractivity contribution is 9.10. The number of imide groups is 1. The van der Waals surface area contributed by atoms with E-state index in [2.05, 4.69) is 31.9 Å². The van der Waals surface area contributed by atoms with E-state index < -0.39 is 23.4 Å². The van der Waals surface area contributed by atoms with Gasteiger partial charge >= 0.3 is 6.03 Å². The number of halogens is 1. The summed E-state index contributed by atoms with van der Waals surface area (Å²) in [6, 6.07) is 13.5. The zero-order valence-corrected chi connectivity index (χ0v) is 17.7. The van der Waals surface area contributed by atoms with Crippen molar-refractivity contribution in [3.8, 4) is 0 Å². The molecule has 2 unspecified atom stereocenters. The second-order valence-electron chi connectivity index (χ2n) is 7.48. The molecule has 154 valence electrons. The molecule has 2 aromatic carbocycles. The maximum absolute atomic E-state index is 12.7. The summed E-state index contributed by atoms with van der Waals surface area (Å²) in [5.41, 5.74) is 0.753. The molecule has 30 heavy (non-hydrogen) atoms. The third kappa shape index (κ3) is 3.68. The predicted molar refractivity (Wildman–Crippen MR) is 114 cm³/mol. The van der Waals surface area contributed by atoms with Gasteiger partial charge in [0.05, 0.1) is 5.92 Å². The van der Waals surface area contributed by atoms with Crippen molar-refractivity contribution in [2.75, 3.05) is 16.8 Å². The molecular formula is C21H19BrN4O4. The van der Waals surface area contributed by atoms with Gasteiger partial charge in [0, 0.05) is 28.8 Å². The van der Waals surface area contributed by atoms with E-state index in [4.69, 9.17) is 0 Å². The van der Waals surface area contributed by atoms with Crippen molar-refractivity contribution >= 4 is 51.1 Å². The van der Waals surface area contributed by atoms with Crippen LogP contribution in [0.25, 0.3) is 0 Å². The average Bonchev–Trinajstić information content (AvgIpc) is 3.22. The molecule has 2 aromatic rings. The normalized spacial score (nSPS) is 23.3. The lowest BCUT2D eigenvalue weighted by molar-refractivity contribution is -0.123. The monoisotopic (exact) mass is 470 g/mol. The summed E-state index contributed by atoms with van der Waals surface area (Å²) < 4.78 is 0.916. The summed E-state index contributed by atoms with van der Waals surface area (Å²) in [6.07, 6.45) is 0.143. The van der Waals surface area contributed by atoms with Gasteiger partial charge in [0.1, 0.15) is 5.54 Å². The number of carbonyl (C=O) groups is 4. The SMILES string of the molecule is CC1(c2ccc(NC(=O)C3CC(=O)N(c4ccc(Br)cc4)C3)cc2)NC(=O)NC1=O. The van der Waals surface area contributed by atoms with Crippen molar-refractivity contribution in [1.29, 1.82) is 0 Å². The van der Waals surface area contributed by atoms with E-state index in [1.165, 1.54) is 0 Å². The van der Waals surface area contributed by atoms with Crippen LogP contribution in [0.1, 0.15) is 18.9 Å². The Balaban J connectivity index is 1.42. The minimum absolute atomic E-state index is 0.0938. The second-order valence-corrected chi connectivity index (χ2v) is 8.40. The molecule has 0 saturated carbocycles. The number of rotatable bonds is 4. The van der Waals surface area contributed by atoms with Crippen LogP contribution >= 0.6 is 15.9 Å². The van der Waals surface area contributed by atoms with Crippen molar-refractivity contribution in [2.24, 2.45) is 5.92 Å². The van der Waals surface area contributed by atoms with Gasteiger partial charge in [-0.15, -0.1) is 0 Å². The third-order valence-corrected chi connectivity index (χ3v) is 5.94. The quantitative estimate of drug-likeness (QED) is 0.596. The molecule has 0 aromatic heterocycles. The van der Waals surface area contributed by atoms with Gasteiger partial charge in [-0.05, 0) is 48.9 Å². The fourth-order valence-corrected chi connectivity index (χ4v) is 3.90. The highest BCUT2D eigenvalue weighted by Gasteiger charge is 2.43. The van der Waals surface area contributed by atoms with Crippen LogP contribution in [0.15, 0.2) is 53.0 Å². The lowest BCUT2D eigenvalue weighted by Gasteiger charge is -2.21. The molecule has 3 N–H and O–H groups in total. The van der Waals surface area contributed by atoms with Crippen molar-refractivity contribution in [2.45, 2.75) is 18.9 Å². The van der Waals surface area contributed by atoms with Crippen LogP contribution in [0.3, 0.4) is 0 Å². The molecule has 2 atom stereocenters. The number of anilines is 2. The highest BCUT2D eigenvalue weighted by atomic mass is 79.9. The van der Waals surface area contributed by atoms with Crippen LogP contribution in [0, 0.1) is 5.92 Å². The molecule has 2 saturated heterocycles. The molecule has 9 heteroatoms. The van der Waals surface area contributed by atoms with Gasteiger partial charge in [0.25, 0.3) is 5.91 Å². The molecule has 0 bridgehead atoms. The number of urea groups is 1. The maximum atomic E-state index is 12.7. The van der Waals surface area contributed by atoms with E-state index in [1.54, 1.807) is 36.1 Å². The standard InChI is InChI=1S/C21H19BrN4O4/c1-21(19(29)24-20(30)25-21)13-2-6-15(7-3-13)23-18(28)12-10-17(27)26(11-12)16-8-4-14(22)5-9-16/h2-9,12H,10-11H2,1H3,(H,23,28)(H2,24,25,29,30). The van der Waals surface area contributed by atoms with E-state index >= 15 is 0 Å². The first kappa shape index (κ1) is 20.1. The van der Waals surface area contributed by atoms with E-state index in [1.807, 2.05) is 24.3 Å². The first-order valence-corrected chi connectivity index (χ1v) is 10.2. The average molecular weight is 471 g/mol. The minimum atomic E-state index is -1.15. The number of hydrogen-bond acceptors (Lipinski definition) is 4. The van der Waals surface area contributed by atoms with Gasteiger partial charge in [-0.25, -0.2) is 4.79 Å². The van der Waals surface area contributed by atoms with Gasteiger partial charge in [-0.2, -0.15) is 0 Å². The summed E-state index contributed by atoms with van der Waals surface area (Å²) >= 11 is 3.37. The first-order valence-electron chi connectivity index (χ1n) is 9.37. The number of amides is 5. The summed E-state index contributed by atoms with van der Waals surface area (Å²) in [7, 11) is 0.